The van der Waals surface area contributed by atoms with Crippen LogP contribution in [0.3, 0.4) is 0 Å². The fourth-order valence-corrected chi connectivity index (χ4v) is 3.56. The lowest BCUT2D eigenvalue weighted by Gasteiger charge is -2.32. The first-order chi connectivity index (χ1) is 9.70. The molecule has 1 N–H and O–H groups in total. The van der Waals surface area contributed by atoms with Gasteiger partial charge in [-0.2, -0.15) is 9.38 Å². The van der Waals surface area contributed by atoms with Gasteiger partial charge in [0.25, 0.3) is 4.96 Å². The molecule has 0 aliphatic carbocycles. The molecule has 1 aliphatic rings. The summed E-state index contributed by atoms with van der Waals surface area (Å²) in [6.45, 7) is 2.60. The standard InChI is InChI=1S/C12H17N5O2S/c1-13-7-9-3-2-4-15(8-9)10-11(17(18)19)16-5-6-20-12(16)14-10/h5-6,9,13H,2-4,7-8H2,1H3. The minimum absolute atomic E-state index is 0.0892. The van der Waals surface area contributed by atoms with Gasteiger partial charge in [0.15, 0.2) is 0 Å². The molecule has 8 heteroatoms. The van der Waals surface area contributed by atoms with Crippen LogP contribution in [-0.2, 0) is 0 Å². The Bertz CT molecular complexity index is 620. The molecule has 1 fully saturated rings. The smallest absolute Gasteiger partial charge is 0.358 e. The van der Waals surface area contributed by atoms with E-state index in [0.29, 0.717) is 16.7 Å². The molecule has 0 amide bonds. The average molecular weight is 295 g/mol. The van der Waals surface area contributed by atoms with Crippen molar-refractivity contribution in [1.29, 1.82) is 0 Å². The van der Waals surface area contributed by atoms with Crippen molar-refractivity contribution in [2.75, 3.05) is 31.6 Å². The third kappa shape index (κ3) is 2.25. The Morgan fingerprint density at radius 1 is 1.65 bits per heavy atom. The molecular formula is C12H17N5O2S. The minimum Gasteiger partial charge on any atom is -0.358 e. The van der Waals surface area contributed by atoms with Crippen molar-refractivity contribution in [1.82, 2.24) is 14.7 Å². The summed E-state index contributed by atoms with van der Waals surface area (Å²) in [5.74, 6) is 1.13. The molecular weight excluding hydrogens is 278 g/mol. The van der Waals surface area contributed by atoms with E-state index in [0.717, 1.165) is 32.5 Å². The first-order valence-corrected chi connectivity index (χ1v) is 7.58. The van der Waals surface area contributed by atoms with Crippen LogP contribution in [0.2, 0.25) is 0 Å². The number of rotatable bonds is 4. The second-order valence-corrected chi connectivity index (χ2v) is 5.96. The number of aromatic nitrogens is 2. The third-order valence-electron chi connectivity index (χ3n) is 3.70. The highest BCUT2D eigenvalue weighted by molar-refractivity contribution is 7.15. The molecule has 3 heterocycles. The van der Waals surface area contributed by atoms with E-state index in [9.17, 15) is 10.1 Å². The molecule has 1 aliphatic heterocycles. The van der Waals surface area contributed by atoms with E-state index in [1.54, 1.807) is 10.6 Å². The van der Waals surface area contributed by atoms with Gasteiger partial charge in [0, 0.05) is 18.5 Å². The zero-order valence-corrected chi connectivity index (χ0v) is 12.1. The molecule has 108 valence electrons. The average Bonchev–Trinajstić information content (AvgIpc) is 2.98. The van der Waals surface area contributed by atoms with Crippen LogP contribution in [0.1, 0.15) is 12.8 Å². The summed E-state index contributed by atoms with van der Waals surface area (Å²) in [5.41, 5.74) is 0. The molecule has 20 heavy (non-hydrogen) atoms. The number of nitrogens with one attached hydrogen (secondary N) is 1. The number of nitrogens with zero attached hydrogens (tertiary/aromatic N) is 4. The summed E-state index contributed by atoms with van der Waals surface area (Å²) >= 11 is 1.42. The zero-order valence-electron chi connectivity index (χ0n) is 11.3. The SMILES string of the molecule is CNCC1CCCN(c2nc3sccn3c2[N+](=O)[O-])C1. The summed E-state index contributed by atoms with van der Waals surface area (Å²) < 4.78 is 1.57. The number of fused-ring (bicyclic) bond motifs is 1. The van der Waals surface area contributed by atoms with Gasteiger partial charge in [-0.15, -0.1) is 0 Å². The van der Waals surface area contributed by atoms with Gasteiger partial charge in [0.05, 0.1) is 0 Å². The van der Waals surface area contributed by atoms with E-state index < -0.39 is 0 Å². The summed E-state index contributed by atoms with van der Waals surface area (Å²) in [5, 5.41) is 16.4. The van der Waals surface area contributed by atoms with Gasteiger partial charge >= 0.3 is 5.82 Å². The number of anilines is 1. The maximum atomic E-state index is 11.4. The van der Waals surface area contributed by atoms with Crippen molar-refractivity contribution < 1.29 is 4.92 Å². The molecule has 0 spiro atoms. The molecule has 7 nitrogen and oxygen atoms in total. The number of piperidine rings is 1. The second-order valence-electron chi connectivity index (χ2n) is 5.08. The highest BCUT2D eigenvalue weighted by Crippen LogP contribution is 2.33. The van der Waals surface area contributed by atoms with E-state index in [2.05, 4.69) is 15.2 Å². The first-order valence-electron chi connectivity index (χ1n) is 6.70. The van der Waals surface area contributed by atoms with Crippen LogP contribution in [0.25, 0.3) is 4.96 Å². The van der Waals surface area contributed by atoms with Crippen LogP contribution in [-0.4, -0.2) is 41.0 Å². The van der Waals surface area contributed by atoms with Crippen LogP contribution in [0.4, 0.5) is 11.6 Å². The van der Waals surface area contributed by atoms with Crippen molar-refractivity contribution in [3.63, 3.8) is 0 Å². The molecule has 0 saturated carbocycles. The van der Waals surface area contributed by atoms with Gasteiger partial charge in [-0.25, -0.2) is 0 Å². The van der Waals surface area contributed by atoms with Gasteiger partial charge in [-0.3, -0.25) is 0 Å². The first kappa shape index (κ1) is 13.3. The molecule has 1 atom stereocenters. The Morgan fingerprint density at radius 2 is 2.50 bits per heavy atom. The summed E-state index contributed by atoms with van der Waals surface area (Å²) in [7, 11) is 1.94. The number of imidazole rings is 1. The fourth-order valence-electron chi connectivity index (χ4n) is 2.86. The van der Waals surface area contributed by atoms with E-state index in [1.807, 2.05) is 12.4 Å². The third-order valence-corrected chi connectivity index (χ3v) is 4.46. The van der Waals surface area contributed by atoms with Gasteiger partial charge in [0.1, 0.15) is 6.20 Å². The van der Waals surface area contributed by atoms with Crippen molar-refractivity contribution in [3.8, 4) is 0 Å². The van der Waals surface area contributed by atoms with Crippen LogP contribution in [0, 0.1) is 16.0 Å². The molecule has 0 aromatic carbocycles. The summed E-state index contributed by atoms with van der Waals surface area (Å²) in [6, 6.07) is 0. The van der Waals surface area contributed by atoms with Gasteiger partial charge in [0.2, 0.25) is 5.82 Å². The van der Waals surface area contributed by atoms with Gasteiger partial charge in [-0.1, -0.05) is 11.3 Å². The molecule has 2 aromatic heterocycles. The van der Waals surface area contributed by atoms with Crippen LogP contribution >= 0.6 is 11.3 Å². The fraction of sp³-hybridized carbons (Fsp3) is 0.583. The molecule has 0 bridgehead atoms. The lowest BCUT2D eigenvalue weighted by Crippen LogP contribution is -2.39. The zero-order chi connectivity index (χ0) is 14.1. The van der Waals surface area contributed by atoms with E-state index in [4.69, 9.17) is 0 Å². The molecule has 3 rings (SSSR count). The topological polar surface area (TPSA) is 75.7 Å². The van der Waals surface area contributed by atoms with Gasteiger partial charge < -0.3 is 20.3 Å². The van der Waals surface area contributed by atoms with Crippen LogP contribution in [0.5, 0.6) is 0 Å². The predicted octanol–water partition coefficient (Wildman–Crippen LogP) is 1.74. The van der Waals surface area contributed by atoms with Gasteiger partial charge in [-0.05, 0) is 37.3 Å². The Kier molecular flexibility index (Phi) is 3.58. The van der Waals surface area contributed by atoms with Crippen LogP contribution in [0.15, 0.2) is 11.6 Å². The van der Waals surface area contributed by atoms with E-state index in [1.165, 1.54) is 11.3 Å². The predicted molar refractivity (Wildman–Crippen MR) is 78.6 cm³/mol. The lowest BCUT2D eigenvalue weighted by molar-refractivity contribution is -0.389. The summed E-state index contributed by atoms with van der Waals surface area (Å²) in [4.78, 5) is 18.2. The Balaban J connectivity index is 1.94. The molecule has 1 unspecified atom stereocenters. The Hall–Kier alpha value is -1.67. The number of thiazole rings is 1. The van der Waals surface area contributed by atoms with Crippen molar-refractivity contribution in [2.45, 2.75) is 12.8 Å². The van der Waals surface area contributed by atoms with E-state index in [-0.39, 0.29) is 10.7 Å². The maximum Gasteiger partial charge on any atom is 0.373 e. The largest absolute Gasteiger partial charge is 0.373 e. The normalized spacial score (nSPS) is 19.6. The van der Waals surface area contributed by atoms with E-state index >= 15 is 0 Å². The van der Waals surface area contributed by atoms with Crippen LogP contribution < -0.4 is 10.2 Å². The Labute approximate surface area is 120 Å². The quantitative estimate of drug-likeness (QED) is 0.687. The monoisotopic (exact) mass is 295 g/mol. The maximum absolute atomic E-state index is 11.4. The minimum atomic E-state index is -0.330. The van der Waals surface area contributed by atoms with Crippen molar-refractivity contribution in [3.05, 3.63) is 21.7 Å². The number of hydrogen-bond acceptors (Lipinski definition) is 6. The molecule has 2 aromatic rings. The highest BCUT2D eigenvalue weighted by atomic mass is 32.1. The number of nitro groups is 1. The summed E-state index contributed by atoms with van der Waals surface area (Å²) in [6.07, 6.45) is 3.92. The second kappa shape index (κ2) is 5.37. The highest BCUT2D eigenvalue weighted by Gasteiger charge is 2.30. The molecule has 1 saturated heterocycles. The van der Waals surface area contributed by atoms with Crippen molar-refractivity contribution >= 4 is 27.9 Å². The Morgan fingerprint density at radius 3 is 3.25 bits per heavy atom. The number of hydrogen-bond donors (Lipinski definition) is 1. The van der Waals surface area contributed by atoms with Crippen molar-refractivity contribution in [2.24, 2.45) is 5.92 Å². The molecule has 0 radical (unpaired) electrons. The lowest BCUT2D eigenvalue weighted by atomic mass is 9.98.